The first-order valence-electron chi connectivity index (χ1n) is 10.3. The molecule has 4 rings (SSSR count). The maximum absolute atomic E-state index is 12.6. The predicted molar refractivity (Wildman–Crippen MR) is 110 cm³/mol. The minimum Gasteiger partial charge on any atom is -0.369 e. The Morgan fingerprint density at radius 3 is 2.38 bits per heavy atom. The van der Waals surface area contributed by atoms with Crippen molar-refractivity contribution in [1.82, 2.24) is 10.2 Å². The molecule has 1 aliphatic carbocycles. The molecule has 1 radical (unpaired) electrons. The predicted octanol–water partition coefficient (Wildman–Crippen LogP) is 0.789. The van der Waals surface area contributed by atoms with Crippen molar-refractivity contribution in [3.8, 4) is 0 Å². The average molecular weight is 419 g/mol. The highest BCUT2D eigenvalue weighted by Crippen LogP contribution is 2.49. The molecule has 0 bridgehead atoms. The first kappa shape index (κ1) is 20.3. The van der Waals surface area contributed by atoms with Crippen LogP contribution < -0.4 is 11.1 Å². The fourth-order valence-electron chi connectivity index (χ4n) is 4.52. The second-order valence-electron chi connectivity index (χ2n) is 8.59. The molecule has 1 saturated carbocycles. The summed E-state index contributed by atoms with van der Waals surface area (Å²) in [6.45, 7) is 3.46. The van der Waals surface area contributed by atoms with Crippen LogP contribution in [-0.2, 0) is 20.0 Å². The molecule has 2 saturated heterocycles. The number of hydrogen-bond acceptors (Lipinski definition) is 5. The van der Waals surface area contributed by atoms with Crippen molar-refractivity contribution in [3.05, 3.63) is 41.8 Å². The van der Waals surface area contributed by atoms with Gasteiger partial charge in [0.05, 0.1) is 5.75 Å². The summed E-state index contributed by atoms with van der Waals surface area (Å²) < 4.78 is 23.9. The van der Waals surface area contributed by atoms with Crippen molar-refractivity contribution in [3.63, 3.8) is 0 Å². The first-order chi connectivity index (χ1) is 13.8. The smallest absolute Gasteiger partial charge is 0.251 e. The van der Waals surface area contributed by atoms with Gasteiger partial charge in [0.1, 0.15) is 5.25 Å². The largest absolute Gasteiger partial charge is 0.369 e. The van der Waals surface area contributed by atoms with Crippen LogP contribution in [0.25, 0.3) is 0 Å². The highest BCUT2D eigenvalue weighted by Gasteiger charge is 2.45. The molecular weight excluding hydrogens is 390 g/mol. The van der Waals surface area contributed by atoms with Gasteiger partial charge in [0.2, 0.25) is 5.91 Å². The molecule has 0 spiro atoms. The maximum Gasteiger partial charge on any atom is 0.251 e. The zero-order valence-corrected chi connectivity index (χ0v) is 17.3. The fourth-order valence-corrected chi connectivity index (χ4v) is 6.14. The van der Waals surface area contributed by atoms with Gasteiger partial charge < -0.3 is 16.0 Å². The monoisotopic (exact) mass is 418 g/mol. The number of primary amides is 1. The number of hydrogen-bond donors (Lipinski definition) is 2. The number of carbonyl (C=O) groups is 2. The number of nitrogens with zero attached hydrogens (tertiary/aromatic N) is 1. The highest BCUT2D eigenvalue weighted by atomic mass is 32.2. The Hall–Kier alpha value is -1.93. The molecule has 7 nitrogen and oxygen atoms in total. The van der Waals surface area contributed by atoms with Crippen LogP contribution in [0.4, 0.5) is 0 Å². The van der Waals surface area contributed by atoms with Crippen molar-refractivity contribution >= 4 is 21.7 Å². The Balaban J connectivity index is 1.38. The van der Waals surface area contributed by atoms with E-state index in [1.54, 1.807) is 0 Å². The van der Waals surface area contributed by atoms with E-state index in [0.717, 1.165) is 6.54 Å². The molecule has 2 aliphatic heterocycles. The van der Waals surface area contributed by atoms with E-state index >= 15 is 0 Å². The molecular formula is C21H28N3O4S. The van der Waals surface area contributed by atoms with Crippen molar-refractivity contribution in [2.24, 2.45) is 5.73 Å². The Kier molecular flexibility index (Phi) is 5.42. The molecule has 2 heterocycles. The van der Waals surface area contributed by atoms with Crippen molar-refractivity contribution < 1.29 is 18.0 Å². The minimum atomic E-state index is -3.57. The van der Waals surface area contributed by atoms with Crippen LogP contribution >= 0.6 is 0 Å². The highest BCUT2D eigenvalue weighted by molar-refractivity contribution is 7.92. The molecule has 1 aromatic carbocycles. The molecule has 3 N–H and O–H groups in total. The summed E-state index contributed by atoms with van der Waals surface area (Å²) >= 11 is 0. The molecule has 2 unspecified atom stereocenters. The summed E-state index contributed by atoms with van der Waals surface area (Å²) in [7, 11) is -3.57. The second-order valence-corrected chi connectivity index (χ2v) is 10.8. The van der Waals surface area contributed by atoms with Crippen LogP contribution in [0.2, 0.25) is 0 Å². The average Bonchev–Trinajstić information content (AvgIpc) is 3.28. The Morgan fingerprint density at radius 1 is 1.14 bits per heavy atom. The number of likely N-dealkylation sites (tertiary alicyclic amines) is 1. The molecule has 8 heteroatoms. The lowest BCUT2D eigenvalue weighted by molar-refractivity contribution is -0.117. The minimum absolute atomic E-state index is 0.167. The van der Waals surface area contributed by atoms with E-state index < -0.39 is 27.0 Å². The number of rotatable bonds is 6. The van der Waals surface area contributed by atoms with Gasteiger partial charge in [-0.2, -0.15) is 0 Å². The number of nitrogens with two attached hydrogens (primary N) is 1. The molecule has 0 aromatic heterocycles. The zero-order valence-electron chi connectivity index (χ0n) is 16.5. The summed E-state index contributed by atoms with van der Waals surface area (Å²) in [6.07, 6.45) is 6.53. The van der Waals surface area contributed by atoms with Crippen molar-refractivity contribution in [2.75, 3.05) is 25.4 Å². The third-order valence-electron chi connectivity index (χ3n) is 6.44. The Bertz CT molecular complexity index is 887. The first-order valence-corrected chi connectivity index (χ1v) is 12.0. The summed E-state index contributed by atoms with van der Waals surface area (Å²) in [5.41, 5.74) is 7.25. The second kappa shape index (κ2) is 7.72. The molecule has 2 atom stereocenters. The Morgan fingerprint density at radius 2 is 1.79 bits per heavy atom. The van der Waals surface area contributed by atoms with Crippen molar-refractivity contribution in [1.29, 1.82) is 0 Å². The van der Waals surface area contributed by atoms with Crippen molar-refractivity contribution in [2.45, 2.75) is 48.8 Å². The number of sulfone groups is 1. The summed E-state index contributed by atoms with van der Waals surface area (Å²) in [5, 5.41) is 1.47. The van der Waals surface area contributed by atoms with Gasteiger partial charge in [0.15, 0.2) is 9.84 Å². The molecule has 157 valence electrons. The SMILES string of the molecule is NC(=O)C1[CH]C(NC(=O)c2ccc(C3(CN4CCCC4)CC3)cc2)CCS1(=O)=O. The van der Waals surface area contributed by atoms with Crippen LogP contribution in [0.15, 0.2) is 24.3 Å². The molecule has 29 heavy (non-hydrogen) atoms. The van der Waals surface area contributed by atoms with E-state index in [4.69, 9.17) is 5.73 Å². The van der Waals surface area contributed by atoms with Crippen LogP contribution in [0.5, 0.6) is 0 Å². The van der Waals surface area contributed by atoms with Gasteiger partial charge in [-0.25, -0.2) is 8.42 Å². The zero-order chi connectivity index (χ0) is 20.6. The van der Waals surface area contributed by atoms with Gasteiger partial charge in [-0.3, -0.25) is 9.59 Å². The molecule has 3 aliphatic rings. The van der Waals surface area contributed by atoms with E-state index in [1.807, 2.05) is 24.3 Å². The summed E-state index contributed by atoms with van der Waals surface area (Å²) in [5.74, 6) is -1.34. The van der Waals surface area contributed by atoms with Gasteiger partial charge in [0.25, 0.3) is 5.91 Å². The van der Waals surface area contributed by atoms with E-state index in [9.17, 15) is 18.0 Å². The normalized spacial score (nSPS) is 28.0. The van der Waals surface area contributed by atoms with Crippen LogP contribution in [0, 0.1) is 6.42 Å². The lowest BCUT2D eigenvalue weighted by Crippen LogP contribution is -2.50. The quantitative estimate of drug-likeness (QED) is 0.710. The standard InChI is InChI=1S/C21H28N3O4S/c22-19(25)18-13-17(7-12-29(18,27)28)23-20(26)15-3-5-16(6-4-15)21(8-9-21)14-24-10-1-2-11-24/h3-6,13,17-18H,1-2,7-12,14H2,(H2,22,25)(H,23,26). The fraction of sp³-hybridized carbons (Fsp3) is 0.571. The van der Waals surface area contributed by atoms with E-state index in [-0.39, 0.29) is 23.5 Å². The van der Waals surface area contributed by atoms with Gasteiger partial charge >= 0.3 is 0 Å². The van der Waals surface area contributed by atoms with E-state index in [0.29, 0.717) is 5.56 Å². The lowest BCUT2D eigenvalue weighted by Gasteiger charge is -2.27. The van der Waals surface area contributed by atoms with Gasteiger partial charge in [0, 0.05) is 30.0 Å². The number of nitrogens with one attached hydrogen (secondary N) is 1. The van der Waals surface area contributed by atoms with E-state index in [2.05, 4.69) is 10.2 Å². The third-order valence-corrected chi connectivity index (χ3v) is 8.41. The van der Waals surface area contributed by atoms with Crippen LogP contribution in [-0.4, -0.2) is 61.8 Å². The summed E-state index contributed by atoms with van der Waals surface area (Å²) in [6, 6.07) is 7.26. The molecule has 1 aromatic rings. The van der Waals surface area contributed by atoms with Gasteiger partial charge in [-0.1, -0.05) is 12.1 Å². The topological polar surface area (TPSA) is 110 Å². The molecule has 2 amide bonds. The van der Waals surface area contributed by atoms with Crippen LogP contribution in [0.3, 0.4) is 0 Å². The Labute approximate surface area is 171 Å². The third kappa shape index (κ3) is 4.33. The number of amides is 2. The number of benzene rings is 1. The molecule has 3 fully saturated rings. The lowest BCUT2D eigenvalue weighted by atomic mass is 9.94. The maximum atomic E-state index is 12.6. The summed E-state index contributed by atoms with van der Waals surface area (Å²) in [4.78, 5) is 26.6. The van der Waals surface area contributed by atoms with Crippen LogP contribution in [0.1, 0.15) is 48.0 Å². The number of carbonyl (C=O) groups excluding carboxylic acids is 2. The van der Waals surface area contributed by atoms with E-state index in [1.165, 1.54) is 50.8 Å². The van der Waals surface area contributed by atoms with Gasteiger partial charge in [-0.15, -0.1) is 0 Å². The van der Waals surface area contributed by atoms with Gasteiger partial charge in [-0.05, 0) is 62.9 Å².